The normalized spacial score (nSPS) is 16.7. The second-order valence-corrected chi connectivity index (χ2v) is 7.19. The van der Waals surface area contributed by atoms with Crippen molar-refractivity contribution in [2.75, 3.05) is 16.8 Å². The van der Waals surface area contributed by atoms with Crippen LogP contribution in [0.2, 0.25) is 0 Å². The molecule has 0 radical (unpaired) electrons. The van der Waals surface area contributed by atoms with Gasteiger partial charge < -0.3 is 10.2 Å². The molecule has 2 aromatic carbocycles. The fourth-order valence-corrected chi connectivity index (χ4v) is 3.91. The second-order valence-electron chi connectivity index (χ2n) is 6.16. The Morgan fingerprint density at radius 3 is 2.85 bits per heavy atom. The van der Waals surface area contributed by atoms with E-state index in [9.17, 15) is 19.7 Å². The largest absolute Gasteiger partial charge is 0.311 e. The molecule has 2 heterocycles. The van der Waals surface area contributed by atoms with Gasteiger partial charge in [0.15, 0.2) is 5.13 Å². The minimum atomic E-state index is -0.538. The molecular formula is C18H14N4O4S. The number of hydrogen-bond donors (Lipinski definition) is 1. The predicted octanol–water partition coefficient (Wildman–Crippen LogP) is 3.20. The van der Waals surface area contributed by atoms with Crippen LogP contribution in [0.25, 0.3) is 10.2 Å². The number of benzene rings is 2. The zero-order valence-electron chi connectivity index (χ0n) is 14.0. The number of non-ortho nitro benzene ring substituents is 1. The summed E-state index contributed by atoms with van der Waals surface area (Å²) in [5.74, 6) is -1.06. The molecule has 1 N–H and O–H groups in total. The summed E-state index contributed by atoms with van der Waals surface area (Å²) in [5.41, 5.74) is 1.13. The van der Waals surface area contributed by atoms with Gasteiger partial charge in [0.05, 0.1) is 26.7 Å². The van der Waals surface area contributed by atoms with E-state index < -0.39 is 10.8 Å². The number of anilines is 2. The van der Waals surface area contributed by atoms with E-state index in [0.29, 0.717) is 10.8 Å². The first-order chi connectivity index (χ1) is 13.0. The molecule has 136 valence electrons. The van der Waals surface area contributed by atoms with Crippen LogP contribution in [-0.2, 0) is 9.59 Å². The van der Waals surface area contributed by atoms with Crippen LogP contribution in [0.1, 0.15) is 6.42 Å². The highest BCUT2D eigenvalue weighted by atomic mass is 32.1. The lowest BCUT2D eigenvalue weighted by Crippen LogP contribution is -2.28. The predicted molar refractivity (Wildman–Crippen MR) is 102 cm³/mol. The minimum Gasteiger partial charge on any atom is -0.311 e. The van der Waals surface area contributed by atoms with E-state index in [4.69, 9.17) is 0 Å². The van der Waals surface area contributed by atoms with Crippen LogP contribution in [0.3, 0.4) is 0 Å². The van der Waals surface area contributed by atoms with Gasteiger partial charge in [0.1, 0.15) is 0 Å². The zero-order chi connectivity index (χ0) is 19.0. The van der Waals surface area contributed by atoms with Crippen molar-refractivity contribution < 1.29 is 14.5 Å². The van der Waals surface area contributed by atoms with E-state index >= 15 is 0 Å². The fraction of sp³-hybridized carbons (Fsp3) is 0.167. The molecule has 0 unspecified atom stereocenters. The minimum absolute atomic E-state index is 0.0550. The lowest BCUT2D eigenvalue weighted by molar-refractivity contribution is -0.384. The number of carbonyl (C=O) groups excluding carboxylic acids is 2. The molecule has 0 aliphatic carbocycles. The Labute approximate surface area is 157 Å². The third kappa shape index (κ3) is 3.36. The molecule has 27 heavy (non-hydrogen) atoms. The summed E-state index contributed by atoms with van der Waals surface area (Å²) >= 11 is 1.37. The molecule has 8 nitrogen and oxygen atoms in total. The smallest absolute Gasteiger partial charge is 0.271 e. The highest BCUT2D eigenvalue weighted by Crippen LogP contribution is 2.30. The number of nitro benzene ring substituents is 1. The van der Waals surface area contributed by atoms with Crippen molar-refractivity contribution in [2.24, 2.45) is 5.92 Å². The van der Waals surface area contributed by atoms with Crippen LogP contribution in [0.15, 0.2) is 48.5 Å². The maximum Gasteiger partial charge on any atom is 0.271 e. The van der Waals surface area contributed by atoms with Crippen molar-refractivity contribution in [2.45, 2.75) is 6.42 Å². The lowest BCUT2D eigenvalue weighted by Gasteiger charge is -2.16. The van der Waals surface area contributed by atoms with Gasteiger partial charge in [0, 0.05) is 25.1 Å². The molecular weight excluding hydrogens is 368 g/mol. The van der Waals surface area contributed by atoms with Crippen molar-refractivity contribution in [1.29, 1.82) is 0 Å². The number of aromatic nitrogens is 1. The Morgan fingerprint density at radius 2 is 2.07 bits per heavy atom. The Balaban J connectivity index is 1.49. The van der Waals surface area contributed by atoms with Crippen molar-refractivity contribution >= 4 is 49.9 Å². The number of nitro groups is 1. The maximum atomic E-state index is 12.6. The Hall–Kier alpha value is -3.33. The molecule has 1 atom stereocenters. The SMILES string of the molecule is O=C(Nc1nc2ccccc2s1)[C@@H]1CC(=O)N(c2cccc([N+](=O)[O-])c2)C1. The van der Waals surface area contributed by atoms with E-state index in [2.05, 4.69) is 10.3 Å². The molecule has 1 aromatic heterocycles. The van der Waals surface area contributed by atoms with Gasteiger partial charge in [-0.25, -0.2) is 4.98 Å². The molecule has 4 rings (SSSR count). The van der Waals surface area contributed by atoms with Gasteiger partial charge in [-0.15, -0.1) is 0 Å². The molecule has 1 aliphatic rings. The van der Waals surface area contributed by atoms with Gasteiger partial charge in [0.2, 0.25) is 11.8 Å². The van der Waals surface area contributed by atoms with Crippen molar-refractivity contribution in [3.63, 3.8) is 0 Å². The van der Waals surface area contributed by atoms with Gasteiger partial charge in [-0.3, -0.25) is 19.7 Å². The van der Waals surface area contributed by atoms with E-state index in [0.717, 1.165) is 10.2 Å². The number of para-hydroxylation sites is 1. The Bertz CT molecular complexity index is 1030. The first-order valence-electron chi connectivity index (χ1n) is 8.22. The first-order valence-corrected chi connectivity index (χ1v) is 9.04. The highest BCUT2D eigenvalue weighted by molar-refractivity contribution is 7.22. The van der Waals surface area contributed by atoms with E-state index in [-0.39, 0.29) is 30.5 Å². The maximum absolute atomic E-state index is 12.6. The number of hydrogen-bond acceptors (Lipinski definition) is 6. The second kappa shape index (κ2) is 6.76. The van der Waals surface area contributed by atoms with Gasteiger partial charge in [-0.1, -0.05) is 29.5 Å². The molecule has 1 saturated heterocycles. The van der Waals surface area contributed by atoms with Gasteiger partial charge in [-0.2, -0.15) is 0 Å². The van der Waals surface area contributed by atoms with Crippen LogP contribution in [-0.4, -0.2) is 28.3 Å². The number of thiazole rings is 1. The molecule has 3 aromatic rings. The fourth-order valence-electron chi connectivity index (χ4n) is 3.04. The average Bonchev–Trinajstić information content (AvgIpc) is 3.24. The summed E-state index contributed by atoms with van der Waals surface area (Å²) in [4.78, 5) is 41.1. The molecule has 0 spiro atoms. The van der Waals surface area contributed by atoms with E-state index in [1.807, 2.05) is 24.3 Å². The summed E-state index contributed by atoms with van der Waals surface area (Å²) in [5, 5.41) is 14.2. The summed E-state index contributed by atoms with van der Waals surface area (Å²) in [6.45, 7) is 0.177. The lowest BCUT2D eigenvalue weighted by atomic mass is 10.1. The Morgan fingerprint density at radius 1 is 1.26 bits per heavy atom. The summed E-state index contributed by atoms with van der Waals surface area (Å²) in [7, 11) is 0. The molecule has 0 saturated carbocycles. The topological polar surface area (TPSA) is 105 Å². The van der Waals surface area contributed by atoms with Crippen LogP contribution >= 0.6 is 11.3 Å². The molecule has 9 heteroatoms. The van der Waals surface area contributed by atoms with E-state index in [1.54, 1.807) is 6.07 Å². The summed E-state index contributed by atoms with van der Waals surface area (Å²) < 4.78 is 0.966. The Kier molecular flexibility index (Phi) is 4.28. The van der Waals surface area contributed by atoms with Gasteiger partial charge in [0.25, 0.3) is 5.69 Å². The molecule has 2 amide bonds. The van der Waals surface area contributed by atoms with Crippen molar-refractivity contribution in [3.8, 4) is 0 Å². The standard InChI is InChI=1S/C18H14N4O4S/c23-16-8-11(10-21(16)12-4-3-5-13(9-12)22(25)26)17(24)20-18-19-14-6-1-2-7-15(14)27-18/h1-7,9,11H,8,10H2,(H,19,20,24)/t11-/m1/s1. The van der Waals surface area contributed by atoms with Gasteiger partial charge >= 0.3 is 0 Å². The van der Waals surface area contributed by atoms with Crippen LogP contribution in [0, 0.1) is 16.0 Å². The van der Waals surface area contributed by atoms with Crippen LogP contribution in [0.5, 0.6) is 0 Å². The number of rotatable bonds is 4. The average molecular weight is 382 g/mol. The number of nitrogens with one attached hydrogen (secondary N) is 1. The quantitative estimate of drug-likeness (QED) is 0.551. The summed E-state index contributed by atoms with van der Waals surface area (Å²) in [6, 6.07) is 13.4. The van der Waals surface area contributed by atoms with E-state index in [1.165, 1.54) is 34.4 Å². The third-order valence-corrected chi connectivity index (χ3v) is 5.32. The third-order valence-electron chi connectivity index (χ3n) is 4.37. The number of nitrogens with zero attached hydrogens (tertiary/aromatic N) is 3. The first kappa shape index (κ1) is 17.1. The van der Waals surface area contributed by atoms with Gasteiger partial charge in [-0.05, 0) is 18.2 Å². The highest BCUT2D eigenvalue weighted by Gasteiger charge is 2.35. The monoisotopic (exact) mass is 382 g/mol. The molecule has 0 bridgehead atoms. The number of carbonyl (C=O) groups is 2. The van der Waals surface area contributed by atoms with Crippen LogP contribution in [0.4, 0.5) is 16.5 Å². The zero-order valence-corrected chi connectivity index (χ0v) is 14.8. The van der Waals surface area contributed by atoms with Crippen molar-refractivity contribution in [1.82, 2.24) is 4.98 Å². The summed E-state index contributed by atoms with van der Waals surface area (Å²) in [6.07, 6.45) is 0.0550. The number of fused-ring (bicyclic) bond motifs is 1. The van der Waals surface area contributed by atoms with Crippen LogP contribution < -0.4 is 10.2 Å². The number of amides is 2. The molecule has 1 aliphatic heterocycles. The van der Waals surface area contributed by atoms with Crippen molar-refractivity contribution in [3.05, 3.63) is 58.6 Å². The molecule has 1 fully saturated rings.